The summed E-state index contributed by atoms with van der Waals surface area (Å²) in [5.41, 5.74) is -0.103. The highest BCUT2D eigenvalue weighted by Gasteiger charge is 2.45. The number of anilines is 1. The molecule has 1 aliphatic rings. The predicted octanol–water partition coefficient (Wildman–Crippen LogP) is 2.06. The Labute approximate surface area is 163 Å². The maximum atomic E-state index is 12.3. The van der Waals surface area contributed by atoms with E-state index in [4.69, 9.17) is 9.47 Å². The Morgan fingerprint density at radius 1 is 1.07 bits per heavy atom. The van der Waals surface area contributed by atoms with Crippen LogP contribution in [-0.4, -0.2) is 37.7 Å². The summed E-state index contributed by atoms with van der Waals surface area (Å²) in [5.74, 6) is -0.654. The molecule has 148 valence electrons. The molecule has 1 unspecified atom stereocenters. The number of carbonyl (C=O) groups is 2. The molecule has 1 aliphatic carbocycles. The molecule has 0 heterocycles. The predicted molar refractivity (Wildman–Crippen MR) is 104 cm³/mol. The summed E-state index contributed by atoms with van der Waals surface area (Å²) < 4.78 is 10.3. The minimum Gasteiger partial charge on any atom is -0.497 e. The van der Waals surface area contributed by atoms with Crippen molar-refractivity contribution in [3.63, 3.8) is 0 Å². The van der Waals surface area contributed by atoms with Crippen LogP contribution in [0.1, 0.15) is 18.4 Å². The lowest BCUT2D eigenvalue weighted by Crippen LogP contribution is -2.45. The van der Waals surface area contributed by atoms with Crippen LogP contribution < -0.4 is 20.1 Å². The number of amides is 2. The van der Waals surface area contributed by atoms with Crippen molar-refractivity contribution in [3.8, 4) is 11.5 Å². The molecule has 2 aromatic rings. The molecule has 0 bridgehead atoms. The van der Waals surface area contributed by atoms with Gasteiger partial charge in [0.2, 0.25) is 0 Å². The molecule has 1 fully saturated rings. The van der Waals surface area contributed by atoms with Gasteiger partial charge in [0.1, 0.15) is 17.1 Å². The van der Waals surface area contributed by atoms with Crippen LogP contribution in [0.5, 0.6) is 11.5 Å². The van der Waals surface area contributed by atoms with E-state index in [0.717, 1.165) is 18.4 Å². The number of benzene rings is 2. The number of aliphatic hydroxyl groups is 1. The topological polar surface area (TPSA) is 96.9 Å². The summed E-state index contributed by atoms with van der Waals surface area (Å²) in [6.07, 6.45) is 1.77. The van der Waals surface area contributed by atoms with Gasteiger partial charge in [-0.25, -0.2) is 0 Å². The zero-order chi connectivity index (χ0) is 20.1. The second-order valence-electron chi connectivity index (χ2n) is 6.77. The van der Waals surface area contributed by atoms with Crippen LogP contribution in [0.3, 0.4) is 0 Å². The van der Waals surface area contributed by atoms with Gasteiger partial charge in [-0.05, 0) is 36.5 Å². The van der Waals surface area contributed by atoms with Crippen molar-refractivity contribution >= 4 is 17.5 Å². The molecular formula is C21H24N2O5. The molecule has 2 amide bonds. The molecule has 0 aromatic heterocycles. The van der Waals surface area contributed by atoms with Gasteiger partial charge in [-0.1, -0.05) is 30.3 Å². The van der Waals surface area contributed by atoms with E-state index in [9.17, 15) is 14.7 Å². The number of hydrogen-bond acceptors (Lipinski definition) is 5. The van der Waals surface area contributed by atoms with Crippen LogP contribution in [0.25, 0.3) is 0 Å². The smallest absolute Gasteiger partial charge is 0.313 e. The van der Waals surface area contributed by atoms with E-state index < -0.39 is 17.4 Å². The fourth-order valence-electron chi connectivity index (χ4n) is 3.15. The standard InChI is InChI=1S/C21H24N2O5/c1-27-16-10-11-17(18(12-16)28-2)23-20(25)19(24)22-13-21(26,15-8-9-15)14-6-4-3-5-7-14/h3-7,10-12,15,26H,8-9,13H2,1-2H3,(H,22,24)(H,23,25). The molecule has 3 N–H and O–H groups in total. The number of hydrogen-bond donors (Lipinski definition) is 3. The van der Waals surface area contributed by atoms with Crippen LogP contribution in [0, 0.1) is 5.92 Å². The van der Waals surface area contributed by atoms with Crippen molar-refractivity contribution in [2.75, 3.05) is 26.1 Å². The third-order valence-electron chi connectivity index (χ3n) is 4.91. The third kappa shape index (κ3) is 4.26. The molecule has 7 nitrogen and oxygen atoms in total. The largest absolute Gasteiger partial charge is 0.497 e. The van der Waals surface area contributed by atoms with E-state index in [1.807, 2.05) is 30.3 Å². The van der Waals surface area contributed by atoms with E-state index in [1.54, 1.807) is 18.2 Å². The Balaban J connectivity index is 1.65. The van der Waals surface area contributed by atoms with E-state index in [2.05, 4.69) is 10.6 Å². The van der Waals surface area contributed by atoms with Crippen LogP contribution in [0.2, 0.25) is 0 Å². The Morgan fingerprint density at radius 3 is 2.39 bits per heavy atom. The monoisotopic (exact) mass is 384 g/mol. The van der Waals surface area contributed by atoms with Gasteiger partial charge in [-0.3, -0.25) is 9.59 Å². The van der Waals surface area contributed by atoms with Gasteiger partial charge in [-0.2, -0.15) is 0 Å². The van der Waals surface area contributed by atoms with Crippen molar-refractivity contribution in [3.05, 3.63) is 54.1 Å². The average Bonchev–Trinajstić information content (AvgIpc) is 3.58. The van der Waals surface area contributed by atoms with Gasteiger partial charge in [0.05, 0.1) is 26.5 Å². The molecule has 0 saturated heterocycles. The molecule has 1 saturated carbocycles. The first kappa shape index (κ1) is 19.7. The van der Waals surface area contributed by atoms with Crippen molar-refractivity contribution < 1.29 is 24.2 Å². The minimum atomic E-state index is -1.19. The quantitative estimate of drug-likeness (QED) is 0.635. The van der Waals surface area contributed by atoms with Crippen LogP contribution >= 0.6 is 0 Å². The average molecular weight is 384 g/mol. The zero-order valence-electron chi connectivity index (χ0n) is 15.9. The summed E-state index contributed by atoms with van der Waals surface area (Å²) in [4.78, 5) is 24.6. The zero-order valence-corrected chi connectivity index (χ0v) is 15.9. The molecule has 28 heavy (non-hydrogen) atoms. The SMILES string of the molecule is COc1ccc(NC(=O)C(=O)NCC(O)(c2ccccc2)C2CC2)c(OC)c1. The second kappa shape index (κ2) is 8.31. The number of ether oxygens (including phenoxy) is 2. The van der Waals surface area contributed by atoms with Crippen LogP contribution in [-0.2, 0) is 15.2 Å². The molecule has 3 rings (SSSR count). The first-order chi connectivity index (χ1) is 13.5. The molecular weight excluding hydrogens is 360 g/mol. The first-order valence-corrected chi connectivity index (χ1v) is 9.07. The van der Waals surface area contributed by atoms with E-state index in [0.29, 0.717) is 17.2 Å². The lowest BCUT2D eigenvalue weighted by molar-refractivity contribution is -0.137. The summed E-state index contributed by atoms with van der Waals surface area (Å²) in [5, 5.41) is 16.2. The summed E-state index contributed by atoms with van der Waals surface area (Å²) in [6.45, 7) is -0.0340. The molecule has 1 atom stereocenters. The van der Waals surface area contributed by atoms with Crippen LogP contribution in [0.15, 0.2) is 48.5 Å². The first-order valence-electron chi connectivity index (χ1n) is 9.07. The maximum Gasteiger partial charge on any atom is 0.313 e. The number of carbonyl (C=O) groups excluding carboxylic acids is 2. The van der Waals surface area contributed by atoms with Gasteiger partial charge in [-0.15, -0.1) is 0 Å². The molecule has 0 radical (unpaired) electrons. The van der Waals surface area contributed by atoms with E-state index >= 15 is 0 Å². The van der Waals surface area contributed by atoms with Crippen molar-refractivity contribution in [1.82, 2.24) is 5.32 Å². The molecule has 2 aromatic carbocycles. The summed E-state index contributed by atoms with van der Waals surface area (Å²) in [6, 6.07) is 14.0. The summed E-state index contributed by atoms with van der Waals surface area (Å²) in [7, 11) is 2.98. The molecule has 7 heteroatoms. The lowest BCUT2D eigenvalue weighted by Gasteiger charge is -2.29. The Bertz CT molecular complexity index is 851. The van der Waals surface area contributed by atoms with Gasteiger partial charge >= 0.3 is 11.8 Å². The van der Waals surface area contributed by atoms with Gasteiger partial charge in [0.15, 0.2) is 0 Å². The Kier molecular flexibility index (Phi) is 5.84. The maximum absolute atomic E-state index is 12.3. The molecule has 0 aliphatic heterocycles. The number of rotatable bonds is 7. The Hall–Kier alpha value is -3.06. The highest BCUT2D eigenvalue weighted by atomic mass is 16.5. The van der Waals surface area contributed by atoms with Crippen molar-refractivity contribution in [1.29, 1.82) is 0 Å². The minimum absolute atomic E-state index is 0.0340. The second-order valence-corrected chi connectivity index (χ2v) is 6.77. The van der Waals surface area contributed by atoms with Crippen LogP contribution in [0.4, 0.5) is 5.69 Å². The fourth-order valence-corrected chi connectivity index (χ4v) is 3.15. The highest BCUT2D eigenvalue weighted by molar-refractivity contribution is 6.39. The van der Waals surface area contributed by atoms with Gasteiger partial charge in [0, 0.05) is 6.07 Å². The highest BCUT2D eigenvalue weighted by Crippen LogP contribution is 2.45. The van der Waals surface area contributed by atoms with Crippen molar-refractivity contribution in [2.45, 2.75) is 18.4 Å². The summed E-state index contributed by atoms with van der Waals surface area (Å²) >= 11 is 0. The van der Waals surface area contributed by atoms with Gasteiger partial charge < -0.3 is 25.2 Å². The van der Waals surface area contributed by atoms with Crippen molar-refractivity contribution in [2.24, 2.45) is 5.92 Å². The number of methoxy groups -OCH3 is 2. The normalized spacial score (nSPS) is 15.2. The lowest BCUT2D eigenvalue weighted by atomic mass is 9.88. The van der Waals surface area contributed by atoms with Gasteiger partial charge in [0.25, 0.3) is 0 Å². The fraction of sp³-hybridized carbons (Fsp3) is 0.333. The number of nitrogens with one attached hydrogen (secondary N) is 2. The molecule has 0 spiro atoms. The Morgan fingerprint density at radius 2 is 1.79 bits per heavy atom. The van der Waals surface area contributed by atoms with E-state index in [-0.39, 0.29) is 12.5 Å². The van der Waals surface area contributed by atoms with E-state index in [1.165, 1.54) is 14.2 Å². The third-order valence-corrected chi connectivity index (χ3v) is 4.91.